The molecule has 8 heteroatoms. The molecule has 1 atom stereocenters. The molecule has 0 fully saturated rings. The average molecular weight is 398 g/mol. The summed E-state index contributed by atoms with van der Waals surface area (Å²) < 4.78 is 27.7. The Morgan fingerprint density at radius 1 is 1.21 bits per heavy atom. The molecule has 0 bridgehead atoms. The highest BCUT2D eigenvalue weighted by Crippen LogP contribution is 2.15. The molecule has 1 heterocycles. The highest BCUT2D eigenvalue weighted by Gasteiger charge is 2.21. The zero-order chi connectivity index (χ0) is 17.7. The Bertz CT molecular complexity index is 750. The lowest BCUT2D eigenvalue weighted by molar-refractivity contribution is -0.127. The summed E-state index contributed by atoms with van der Waals surface area (Å²) in [6, 6.07) is 5.70. The third kappa shape index (κ3) is 4.58. The fraction of sp³-hybridized carbons (Fsp3) is 0.188. The van der Waals surface area contributed by atoms with Gasteiger partial charge < -0.3 is 11.1 Å². The first kappa shape index (κ1) is 18.0. The number of benzene rings is 1. The van der Waals surface area contributed by atoms with Crippen LogP contribution in [0.4, 0.5) is 8.78 Å². The Hall–Kier alpha value is -2.35. The average Bonchev–Trinajstić information content (AvgIpc) is 2.52. The number of amides is 2. The quantitative estimate of drug-likeness (QED) is 0.729. The third-order valence-electron chi connectivity index (χ3n) is 3.34. The summed E-state index contributed by atoms with van der Waals surface area (Å²) in [7, 11) is 0. The zero-order valence-corrected chi connectivity index (χ0v) is 14.0. The molecule has 1 aromatic carbocycles. The Morgan fingerprint density at radius 2 is 1.88 bits per heavy atom. The molecule has 0 radical (unpaired) electrons. The number of rotatable bonds is 6. The van der Waals surface area contributed by atoms with E-state index in [1.54, 1.807) is 18.3 Å². The summed E-state index contributed by atoms with van der Waals surface area (Å²) in [5.41, 5.74) is 5.60. The van der Waals surface area contributed by atoms with Crippen LogP contribution in [0.25, 0.3) is 0 Å². The highest BCUT2D eigenvalue weighted by molar-refractivity contribution is 9.10. The van der Waals surface area contributed by atoms with Crippen LogP contribution in [0.1, 0.15) is 11.1 Å². The van der Waals surface area contributed by atoms with E-state index in [2.05, 4.69) is 26.2 Å². The van der Waals surface area contributed by atoms with E-state index in [1.807, 2.05) is 0 Å². The van der Waals surface area contributed by atoms with Crippen LogP contribution in [0.2, 0.25) is 0 Å². The maximum absolute atomic E-state index is 13.6. The summed E-state index contributed by atoms with van der Waals surface area (Å²) in [4.78, 5) is 27.6. The van der Waals surface area contributed by atoms with Crippen molar-refractivity contribution in [2.45, 2.75) is 18.9 Å². The van der Waals surface area contributed by atoms with E-state index in [0.717, 1.165) is 12.1 Å². The summed E-state index contributed by atoms with van der Waals surface area (Å²) in [6.07, 6.45) is 1.14. The van der Waals surface area contributed by atoms with Crippen molar-refractivity contribution in [1.29, 1.82) is 0 Å². The molecule has 24 heavy (non-hydrogen) atoms. The predicted octanol–water partition coefficient (Wildman–Crippen LogP) is 1.88. The second kappa shape index (κ2) is 7.96. The van der Waals surface area contributed by atoms with Gasteiger partial charge in [0, 0.05) is 18.2 Å². The van der Waals surface area contributed by atoms with Gasteiger partial charge in [0.05, 0.1) is 6.42 Å². The van der Waals surface area contributed by atoms with Crippen molar-refractivity contribution >= 4 is 27.7 Å². The van der Waals surface area contributed by atoms with Gasteiger partial charge in [-0.2, -0.15) is 0 Å². The van der Waals surface area contributed by atoms with Crippen LogP contribution in [0.3, 0.4) is 0 Å². The first-order chi connectivity index (χ1) is 11.4. The van der Waals surface area contributed by atoms with Crippen molar-refractivity contribution in [3.8, 4) is 0 Å². The number of nitrogens with one attached hydrogen (secondary N) is 1. The van der Waals surface area contributed by atoms with E-state index in [1.165, 1.54) is 6.07 Å². The van der Waals surface area contributed by atoms with E-state index in [9.17, 15) is 18.4 Å². The number of primary amides is 1. The molecule has 3 N–H and O–H groups in total. The van der Waals surface area contributed by atoms with Gasteiger partial charge in [-0.25, -0.2) is 13.8 Å². The van der Waals surface area contributed by atoms with Gasteiger partial charge in [0.25, 0.3) is 0 Å². The number of nitrogens with zero attached hydrogens (tertiary/aromatic N) is 1. The van der Waals surface area contributed by atoms with Gasteiger partial charge in [0.15, 0.2) is 0 Å². The molecule has 0 aliphatic heterocycles. The predicted molar refractivity (Wildman–Crippen MR) is 86.8 cm³/mol. The van der Waals surface area contributed by atoms with Crippen molar-refractivity contribution in [3.05, 3.63) is 63.9 Å². The fourth-order valence-corrected chi connectivity index (χ4v) is 2.53. The van der Waals surface area contributed by atoms with Crippen molar-refractivity contribution in [2.24, 2.45) is 5.73 Å². The van der Waals surface area contributed by atoms with Crippen molar-refractivity contribution in [2.75, 3.05) is 0 Å². The Balaban J connectivity index is 2.09. The Labute approximate surface area is 145 Å². The standard InChI is InChI=1S/C16H14BrF2N3O2/c17-15-9(3-2-6-21-15)7-13(16(20)24)22-14(23)8-10-11(18)4-1-5-12(10)19/h1-6,13H,7-8H2,(H2,20,24)(H,22,23)/t13-/m0/s1. The Kier molecular flexibility index (Phi) is 5.97. The van der Waals surface area contributed by atoms with Crippen LogP contribution >= 0.6 is 15.9 Å². The number of hydrogen-bond donors (Lipinski definition) is 2. The van der Waals surface area contributed by atoms with Gasteiger partial charge in [-0.15, -0.1) is 0 Å². The minimum absolute atomic E-state index is 0.106. The number of nitrogens with two attached hydrogens (primary N) is 1. The zero-order valence-electron chi connectivity index (χ0n) is 12.4. The molecule has 0 saturated heterocycles. The van der Waals surface area contributed by atoms with Crippen LogP contribution in [0.15, 0.2) is 41.1 Å². The van der Waals surface area contributed by atoms with Crippen LogP contribution in [0.5, 0.6) is 0 Å². The van der Waals surface area contributed by atoms with E-state index < -0.39 is 35.9 Å². The van der Waals surface area contributed by atoms with Gasteiger partial charge >= 0.3 is 0 Å². The summed E-state index contributed by atoms with van der Waals surface area (Å²) >= 11 is 3.24. The second-order valence-electron chi connectivity index (χ2n) is 5.06. The highest BCUT2D eigenvalue weighted by atomic mass is 79.9. The number of pyridine rings is 1. The first-order valence-corrected chi connectivity index (χ1v) is 7.78. The first-order valence-electron chi connectivity index (χ1n) is 6.99. The molecule has 1 aromatic heterocycles. The molecule has 2 amide bonds. The number of carbonyl (C=O) groups is 2. The lowest BCUT2D eigenvalue weighted by atomic mass is 10.1. The van der Waals surface area contributed by atoms with Gasteiger partial charge in [-0.05, 0) is 39.7 Å². The number of carbonyl (C=O) groups excluding carboxylic acids is 2. The van der Waals surface area contributed by atoms with E-state index in [-0.39, 0.29) is 12.0 Å². The van der Waals surface area contributed by atoms with E-state index in [0.29, 0.717) is 10.2 Å². The monoisotopic (exact) mass is 397 g/mol. The molecule has 0 unspecified atom stereocenters. The topological polar surface area (TPSA) is 85.1 Å². The van der Waals surface area contributed by atoms with E-state index in [4.69, 9.17) is 5.73 Å². The van der Waals surface area contributed by atoms with Crippen LogP contribution < -0.4 is 11.1 Å². The van der Waals surface area contributed by atoms with E-state index >= 15 is 0 Å². The molecule has 0 aliphatic rings. The minimum atomic E-state index is -1.02. The minimum Gasteiger partial charge on any atom is -0.368 e. The summed E-state index contributed by atoms with van der Waals surface area (Å²) in [5, 5.41) is 2.40. The molecular weight excluding hydrogens is 384 g/mol. The van der Waals surface area contributed by atoms with Gasteiger partial charge in [-0.1, -0.05) is 12.1 Å². The molecular formula is C16H14BrF2N3O2. The largest absolute Gasteiger partial charge is 0.368 e. The van der Waals surface area contributed by atoms with Crippen molar-refractivity contribution in [3.63, 3.8) is 0 Å². The molecule has 126 valence electrons. The van der Waals surface area contributed by atoms with Crippen molar-refractivity contribution < 1.29 is 18.4 Å². The van der Waals surface area contributed by atoms with Crippen LogP contribution in [0, 0.1) is 11.6 Å². The molecule has 0 saturated carbocycles. The fourth-order valence-electron chi connectivity index (χ4n) is 2.12. The lowest BCUT2D eigenvalue weighted by Gasteiger charge is -2.16. The van der Waals surface area contributed by atoms with Crippen molar-refractivity contribution in [1.82, 2.24) is 10.3 Å². The third-order valence-corrected chi connectivity index (χ3v) is 4.05. The number of hydrogen-bond acceptors (Lipinski definition) is 3. The molecule has 5 nitrogen and oxygen atoms in total. The van der Waals surface area contributed by atoms with Gasteiger partial charge in [0.2, 0.25) is 11.8 Å². The summed E-state index contributed by atoms with van der Waals surface area (Å²) in [5.74, 6) is -3.11. The maximum Gasteiger partial charge on any atom is 0.240 e. The number of halogens is 3. The molecule has 0 spiro atoms. The van der Waals surface area contributed by atoms with Crippen LogP contribution in [-0.2, 0) is 22.4 Å². The Morgan fingerprint density at radius 3 is 2.46 bits per heavy atom. The summed E-state index contributed by atoms with van der Waals surface area (Å²) in [6.45, 7) is 0. The normalized spacial score (nSPS) is 11.8. The van der Waals surface area contributed by atoms with Gasteiger partial charge in [0.1, 0.15) is 22.3 Å². The van der Waals surface area contributed by atoms with Crippen LogP contribution in [-0.4, -0.2) is 22.8 Å². The lowest BCUT2D eigenvalue weighted by Crippen LogP contribution is -2.46. The molecule has 2 rings (SSSR count). The van der Waals surface area contributed by atoms with Gasteiger partial charge in [-0.3, -0.25) is 9.59 Å². The smallest absolute Gasteiger partial charge is 0.240 e. The second-order valence-corrected chi connectivity index (χ2v) is 5.81. The number of aromatic nitrogens is 1. The maximum atomic E-state index is 13.6. The molecule has 0 aliphatic carbocycles. The SMILES string of the molecule is NC(=O)[C@H](Cc1cccnc1Br)NC(=O)Cc1c(F)cccc1F. The molecule has 2 aromatic rings.